The molecule has 1 aliphatic rings. The SMILES string of the molecule is CCOC(=O)C1=C(C(=O)OCC)[C@@](C(=O)OC)(c2ccccc2)O[C@H]1c1ccccc1. The highest BCUT2D eigenvalue weighted by Gasteiger charge is 2.60. The Morgan fingerprint density at radius 3 is 1.97 bits per heavy atom. The Morgan fingerprint density at radius 1 is 0.871 bits per heavy atom. The van der Waals surface area contributed by atoms with Crippen molar-refractivity contribution in [3.05, 3.63) is 82.9 Å². The van der Waals surface area contributed by atoms with E-state index in [-0.39, 0.29) is 24.4 Å². The lowest BCUT2D eigenvalue weighted by molar-refractivity contribution is -0.170. The molecule has 3 rings (SSSR count). The number of esters is 3. The predicted molar refractivity (Wildman–Crippen MR) is 111 cm³/mol. The Bertz CT molecular complexity index is 982. The normalized spacial score (nSPS) is 20.3. The molecule has 0 saturated heterocycles. The Kier molecular flexibility index (Phi) is 6.87. The van der Waals surface area contributed by atoms with E-state index >= 15 is 0 Å². The van der Waals surface area contributed by atoms with Crippen LogP contribution < -0.4 is 0 Å². The predicted octanol–water partition coefficient (Wildman–Crippen LogP) is 3.25. The van der Waals surface area contributed by atoms with Crippen molar-refractivity contribution >= 4 is 17.9 Å². The van der Waals surface area contributed by atoms with E-state index in [1.54, 1.807) is 68.4 Å². The first-order valence-corrected chi connectivity index (χ1v) is 9.96. The maximum absolute atomic E-state index is 13.2. The van der Waals surface area contributed by atoms with Crippen molar-refractivity contribution in [2.45, 2.75) is 25.6 Å². The summed E-state index contributed by atoms with van der Waals surface area (Å²) in [4.78, 5) is 39.5. The van der Waals surface area contributed by atoms with Gasteiger partial charge in [-0.1, -0.05) is 60.7 Å². The Hall–Kier alpha value is -3.45. The highest BCUT2D eigenvalue weighted by Crippen LogP contribution is 2.51. The Balaban J connectivity index is 2.37. The minimum absolute atomic E-state index is 0.0421. The second-order valence-electron chi connectivity index (χ2n) is 6.68. The molecule has 0 N–H and O–H groups in total. The van der Waals surface area contributed by atoms with Gasteiger partial charge in [-0.3, -0.25) is 0 Å². The molecule has 1 aliphatic heterocycles. The van der Waals surface area contributed by atoms with Gasteiger partial charge in [-0.15, -0.1) is 0 Å². The molecular weight excluding hydrogens is 400 g/mol. The van der Waals surface area contributed by atoms with Crippen molar-refractivity contribution in [2.24, 2.45) is 0 Å². The lowest BCUT2D eigenvalue weighted by Gasteiger charge is -2.29. The monoisotopic (exact) mass is 424 g/mol. The van der Waals surface area contributed by atoms with E-state index in [1.165, 1.54) is 7.11 Å². The van der Waals surface area contributed by atoms with Crippen LogP contribution in [0.3, 0.4) is 0 Å². The van der Waals surface area contributed by atoms with Crippen molar-refractivity contribution in [2.75, 3.05) is 20.3 Å². The van der Waals surface area contributed by atoms with E-state index in [0.29, 0.717) is 11.1 Å². The van der Waals surface area contributed by atoms with Crippen molar-refractivity contribution in [3.63, 3.8) is 0 Å². The summed E-state index contributed by atoms with van der Waals surface area (Å²) in [6.07, 6.45) is -1.04. The molecule has 2 aromatic carbocycles. The standard InChI is InChI=1S/C24H24O7/c1-4-29-21(25)18-19(22(26)30-5-2)24(23(27)28-3,17-14-10-7-11-15-17)31-20(18)16-12-8-6-9-13-16/h6-15,20H,4-5H2,1-3H3/t20-,24+/m0/s1. The van der Waals surface area contributed by atoms with Crippen LogP contribution in [0.25, 0.3) is 0 Å². The third-order valence-corrected chi connectivity index (χ3v) is 4.91. The van der Waals surface area contributed by atoms with Crippen LogP contribution in [0.5, 0.6) is 0 Å². The fraction of sp³-hybridized carbons (Fsp3) is 0.292. The first-order valence-electron chi connectivity index (χ1n) is 9.96. The summed E-state index contributed by atoms with van der Waals surface area (Å²) in [5.74, 6) is -2.46. The molecule has 2 atom stereocenters. The van der Waals surface area contributed by atoms with Gasteiger partial charge < -0.3 is 18.9 Å². The van der Waals surface area contributed by atoms with Gasteiger partial charge in [0.2, 0.25) is 5.60 Å². The molecule has 7 nitrogen and oxygen atoms in total. The Morgan fingerprint density at radius 2 is 1.42 bits per heavy atom. The van der Waals surface area contributed by atoms with Crippen LogP contribution in [0.4, 0.5) is 0 Å². The van der Waals surface area contributed by atoms with Gasteiger partial charge in [-0.05, 0) is 25.0 Å². The van der Waals surface area contributed by atoms with E-state index < -0.39 is 29.6 Å². The molecule has 0 saturated carbocycles. The smallest absolute Gasteiger partial charge is 0.347 e. The molecule has 2 aromatic rings. The molecule has 0 radical (unpaired) electrons. The minimum atomic E-state index is -2.00. The van der Waals surface area contributed by atoms with Crippen LogP contribution in [0.2, 0.25) is 0 Å². The summed E-state index contributed by atoms with van der Waals surface area (Å²) in [5, 5.41) is 0. The maximum atomic E-state index is 13.2. The molecule has 1 heterocycles. The summed E-state index contributed by atoms with van der Waals surface area (Å²) < 4.78 is 21.8. The summed E-state index contributed by atoms with van der Waals surface area (Å²) in [7, 11) is 1.19. The zero-order valence-electron chi connectivity index (χ0n) is 17.6. The number of ether oxygens (including phenoxy) is 4. The quantitative estimate of drug-likeness (QED) is 0.498. The van der Waals surface area contributed by atoms with Gasteiger partial charge in [-0.2, -0.15) is 0 Å². The number of rotatable bonds is 7. The van der Waals surface area contributed by atoms with Gasteiger partial charge in [0, 0.05) is 0 Å². The van der Waals surface area contributed by atoms with Crippen LogP contribution in [-0.2, 0) is 38.9 Å². The molecule has 0 spiro atoms. The van der Waals surface area contributed by atoms with Gasteiger partial charge in [0.05, 0.1) is 31.5 Å². The molecule has 0 aromatic heterocycles. The minimum Gasteiger partial charge on any atom is -0.466 e. The zero-order valence-corrected chi connectivity index (χ0v) is 17.6. The average molecular weight is 424 g/mol. The van der Waals surface area contributed by atoms with E-state index in [2.05, 4.69) is 0 Å². The first kappa shape index (κ1) is 22.2. The first-order chi connectivity index (χ1) is 15.0. The lowest BCUT2D eigenvalue weighted by Crippen LogP contribution is -2.42. The summed E-state index contributed by atoms with van der Waals surface area (Å²) in [6.45, 7) is 3.41. The number of benzene rings is 2. The van der Waals surface area contributed by atoms with Gasteiger partial charge in [-0.25, -0.2) is 14.4 Å². The summed E-state index contributed by atoms with van der Waals surface area (Å²) in [5.41, 5.74) is -1.40. The van der Waals surface area contributed by atoms with Gasteiger partial charge in [0.1, 0.15) is 6.10 Å². The van der Waals surface area contributed by atoms with Crippen LogP contribution in [0.1, 0.15) is 31.1 Å². The molecule has 0 unspecified atom stereocenters. The number of carbonyl (C=O) groups excluding carboxylic acids is 3. The molecule has 0 amide bonds. The topological polar surface area (TPSA) is 88.1 Å². The second kappa shape index (κ2) is 9.57. The Labute approximate surface area is 180 Å². The number of carbonyl (C=O) groups is 3. The number of methoxy groups -OCH3 is 1. The third-order valence-electron chi connectivity index (χ3n) is 4.91. The van der Waals surface area contributed by atoms with Crippen LogP contribution in [0.15, 0.2) is 71.8 Å². The van der Waals surface area contributed by atoms with Crippen molar-refractivity contribution in [1.82, 2.24) is 0 Å². The van der Waals surface area contributed by atoms with E-state index in [1.807, 2.05) is 6.07 Å². The molecule has 0 fully saturated rings. The highest BCUT2D eigenvalue weighted by molar-refractivity contribution is 6.09. The van der Waals surface area contributed by atoms with Crippen LogP contribution in [0, 0.1) is 0 Å². The second-order valence-corrected chi connectivity index (χ2v) is 6.68. The van der Waals surface area contributed by atoms with Gasteiger partial charge >= 0.3 is 17.9 Å². The third kappa shape index (κ3) is 3.96. The largest absolute Gasteiger partial charge is 0.466 e. The van der Waals surface area contributed by atoms with Crippen molar-refractivity contribution < 1.29 is 33.3 Å². The molecular formula is C24H24O7. The van der Waals surface area contributed by atoms with E-state index in [4.69, 9.17) is 18.9 Å². The maximum Gasteiger partial charge on any atom is 0.347 e. The van der Waals surface area contributed by atoms with Crippen LogP contribution in [-0.4, -0.2) is 38.2 Å². The fourth-order valence-corrected chi connectivity index (χ4v) is 3.65. The van der Waals surface area contributed by atoms with Crippen molar-refractivity contribution in [1.29, 1.82) is 0 Å². The highest BCUT2D eigenvalue weighted by atomic mass is 16.6. The molecule has 31 heavy (non-hydrogen) atoms. The van der Waals surface area contributed by atoms with Crippen LogP contribution >= 0.6 is 0 Å². The summed E-state index contributed by atoms with van der Waals surface area (Å²) >= 11 is 0. The number of hydrogen-bond acceptors (Lipinski definition) is 7. The lowest BCUT2D eigenvalue weighted by atomic mass is 9.84. The zero-order chi connectivity index (χ0) is 22.4. The molecule has 7 heteroatoms. The van der Waals surface area contributed by atoms with Gasteiger partial charge in [0.15, 0.2) is 0 Å². The molecule has 162 valence electrons. The van der Waals surface area contributed by atoms with Crippen molar-refractivity contribution in [3.8, 4) is 0 Å². The number of hydrogen-bond donors (Lipinski definition) is 0. The molecule has 0 aliphatic carbocycles. The average Bonchev–Trinajstić information content (AvgIpc) is 3.17. The van der Waals surface area contributed by atoms with E-state index in [9.17, 15) is 14.4 Å². The van der Waals surface area contributed by atoms with Gasteiger partial charge in [0.25, 0.3) is 0 Å². The summed E-state index contributed by atoms with van der Waals surface area (Å²) in [6, 6.07) is 17.3. The molecule has 0 bridgehead atoms. The fourth-order valence-electron chi connectivity index (χ4n) is 3.65. The van der Waals surface area contributed by atoms with E-state index in [0.717, 1.165) is 0 Å².